The fourth-order valence-corrected chi connectivity index (χ4v) is 4.92. The zero-order chi connectivity index (χ0) is 24.2. The maximum Gasteiger partial charge on any atom is 0.227 e. The van der Waals surface area contributed by atoms with Gasteiger partial charge in [0, 0.05) is 20.1 Å². The number of benzene rings is 3. The first-order chi connectivity index (χ1) is 17.1. The quantitative estimate of drug-likeness (QED) is 0.462. The van der Waals surface area contributed by atoms with Gasteiger partial charge in [0.15, 0.2) is 0 Å². The number of fused-ring (bicyclic) bond motifs is 1. The van der Waals surface area contributed by atoms with E-state index < -0.39 is 0 Å². The number of nitrogens with zero attached hydrogens (tertiary/aromatic N) is 3. The largest absolute Gasteiger partial charge is 0.342 e. The van der Waals surface area contributed by atoms with Crippen LogP contribution in [0, 0.1) is 5.92 Å². The Morgan fingerprint density at radius 2 is 1.66 bits per heavy atom. The number of aromatic nitrogens is 2. The molecule has 1 aliphatic heterocycles. The van der Waals surface area contributed by atoms with Crippen LogP contribution < -0.4 is 5.32 Å². The third-order valence-corrected chi connectivity index (χ3v) is 6.84. The molecule has 0 radical (unpaired) electrons. The monoisotopic (exact) mass is 466 g/mol. The zero-order valence-electron chi connectivity index (χ0n) is 19.9. The standard InChI is InChI=1S/C29H30N4O2/c1-32-25-17-9-8-16-24(25)30-28(32)27(22-13-6-3-7-14-22)31-29(35)23-15-10-18-33(20-23)26(34)19-21-11-4-2-5-12-21/h2-9,11-14,16-17,23,27H,10,15,18-20H2,1H3,(H,31,35)/t23-,27+/m1/s1. The minimum absolute atomic E-state index is 0.0388. The Balaban J connectivity index is 1.35. The number of carbonyl (C=O) groups excluding carboxylic acids is 2. The van der Waals surface area contributed by atoms with Gasteiger partial charge in [-0.25, -0.2) is 4.98 Å². The number of hydrogen-bond donors (Lipinski definition) is 1. The molecule has 1 fully saturated rings. The van der Waals surface area contributed by atoms with E-state index in [4.69, 9.17) is 4.98 Å². The van der Waals surface area contributed by atoms with Crippen molar-refractivity contribution in [3.05, 3.63) is 102 Å². The summed E-state index contributed by atoms with van der Waals surface area (Å²) in [6.45, 7) is 1.14. The molecule has 0 bridgehead atoms. The van der Waals surface area contributed by atoms with E-state index in [1.807, 2.05) is 101 Å². The lowest BCUT2D eigenvalue weighted by molar-refractivity contribution is -0.135. The maximum absolute atomic E-state index is 13.5. The summed E-state index contributed by atoms with van der Waals surface area (Å²) in [4.78, 5) is 33.1. The smallest absolute Gasteiger partial charge is 0.227 e. The molecule has 1 aliphatic rings. The molecule has 1 saturated heterocycles. The Labute approximate surface area is 205 Å². The van der Waals surface area contributed by atoms with E-state index in [-0.39, 0.29) is 23.8 Å². The number of piperidine rings is 1. The predicted octanol–water partition coefficient (Wildman–Crippen LogP) is 4.26. The number of nitrogens with one attached hydrogen (secondary N) is 1. The highest BCUT2D eigenvalue weighted by Crippen LogP contribution is 2.26. The number of likely N-dealkylation sites (tertiary alicyclic amines) is 1. The molecule has 2 heterocycles. The highest BCUT2D eigenvalue weighted by molar-refractivity contribution is 5.83. The van der Waals surface area contributed by atoms with E-state index in [0.29, 0.717) is 19.5 Å². The van der Waals surface area contributed by atoms with E-state index in [0.717, 1.165) is 40.8 Å². The Morgan fingerprint density at radius 3 is 2.40 bits per heavy atom. The first-order valence-corrected chi connectivity index (χ1v) is 12.2. The normalized spacial score (nSPS) is 16.7. The van der Waals surface area contributed by atoms with E-state index in [9.17, 15) is 9.59 Å². The summed E-state index contributed by atoms with van der Waals surface area (Å²) in [5, 5.41) is 3.27. The van der Waals surface area contributed by atoms with Crippen molar-refractivity contribution in [3.63, 3.8) is 0 Å². The van der Waals surface area contributed by atoms with Crippen LogP contribution in [0.5, 0.6) is 0 Å². The molecule has 5 rings (SSSR count). The molecule has 1 aromatic heterocycles. The lowest BCUT2D eigenvalue weighted by Gasteiger charge is -2.33. The Hall–Kier alpha value is -3.93. The minimum Gasteiger partial charge on any atom is -0.342 e. The molecule has 6 heteroatoms. The van der Waals surface area contributed by atoms with Crippen LogP contribution in [0.2, 0.25) is 0 Å². The molecule has 0 unspecified atom stereocenters. The molecule has 2 atom stereocenters. The van der Waals surface area contributed by atoms with Crippen LogP contribution in [0.25, 0.3) is 11.0 Å². The van der Waals surface area contributed by atoms with Gasteiger partial charge in [0.2, 0.25) is 11.8 Å². The topological polar surface area (TPSA) is 67.2 Å². The summed E-state index contributed by atoms with van der Waals surface area (Å²) >= 11 is 0. The molecule has 35 heavy (non-hydrogen) atoms. The number of carbonyl (C=O) groups is 2. The van der Waals surface area contributed by atoms with Gasteiger partial charge in [-0.3, -0.25) is 9.59 Å². The Kier molecular flexibility index (Phi) is 6.62. The molecule has 0 saturated carbocycles. The van der Waals surface area contributed by atoms with E-state index in [2.05, 4.69) is 5.32 Å². The molecular weight excluding hydrogens is 436 g/mol. The van der Waals surface area contributed by atoms with E-state index >= 15 is 0 Å². The van der Waals surface area contributed by atoms with Crippen molar-refractivity contribution in [2.45, 2.75) is 25.3 Å². The zero-order valence-corrected chi connectivity index (χ0v) is 19.9. The van der Waals surface area contributed by atoms with Gasteiger partial charge in [-0.15, -0.1) is 0 Å². The van der Waals surface area contributed by atoms with Crippen LogP contribution in [0.3, 0.4) is 0 Å². The molecule has 178 valence electrons. The highest BCUT2D eigenvalue weighted by Gasteiger charge is 2.31. The van der Waals surface area contributed by atoms with Crippen LogP contribution in [0.1, 0.15) is 35.8 Å². The van der Waals surface area contributed by atoms with Crippen LogP contribution in [-0.4, -0.2) is 39.4 Å². The van der Waals surface area contributed by atoms with Crippen molar-refractivity contribution in [1.82, 2.24) is 19.8 Å². The predicted molar refractivity (Wildman–Crippen MR) is 137 cm³/mol. The second-order valence-corrected chi connectivity index (χ2v) is 9.21. The van der Waals surface area contributed by atoms with Crippen molar-refractivity contribution >= 4 is 22.8 Å². The SMILES string of the molecule is Cn1c([C@@H](NC(=O)[C@@H]2CCCN(C(=O)Cc3ccccc3)C2)c2ccccc2)nc2ccccc21. The summed E-state index contributed by atoms with van der Waals surface area (Å²) in [5.74, 6) is 0.578. The van der Waals surface area contributed by atoms with Crippen molar-refractivity contribution in [3.8, 4) is 0 Å². The lowest BCUT2D eigenvalue weighted by Crippen LogP contribution is -2.46. The van der Waals surface area contributed by atoms with Crippen molar-refractivity contribution in [2.75, 3.05) is 13.1 Å². The Bertz CT molecular complexity index is 1320. The lowest BCUT2D eigenvalue weighted by atomic mass is 9.95. The average Bonchev–Trinajstić information content (AvgIpc) is 3.24. The molecule has 2 amide bonds. The molecule has 0 spiro atoms. The fourth-order valence-electron chi connectivity index (χ4n) is 4.92. The number of rotatable bonds is 6. The molecule has 3 aromatic carbocycles. The Morgan fingerprint density at radius 1 is 0.971 bits per heavy atom. The summed E-state index contributed by atoms with van der Waals surface area (Å²) in [6, 6.07) is 27.3. The molecule has 4 aromatic rings. The van der Waals surface area contributed by atoms with Gasteiger partial charge in [-0.2, -0.15) is 0 Å². The van der Waals surface area contributed by atoms with Gasteiger partial charge in [0.05, 0.1) is 23.4 Å². The third kappa shape index (κ3) is 4.97. The van der Waals surface area contributed by atoms with Gasteiger partial charge in [0.25, 0.3) is 0 Å². The summed E-state index contributed by atoms with van der Waals surface area (Å²) in [7, 11) is 1.98. The number of aryl methyl sites for hydroxylation is 1. The van der Waals surface area contributed by atoms with Gasteiger partial charge in [-0.1, -0.05) is 72.8 Å². The molecular formula is C29H30N4O2. The summed E-state index contributed by atoms with van der Waals surface area (Å²) in [6.07, 6.45) is 1.95. The van der Waals surface area contributed by atoms with Crippen molar-refractivity contribution < 1.29 is 9.59 Å². The van der Waals surface area contributed by atoms with Gasteiger partial charge < -0.3 is 14.8 Å². The highest BCUT2D eigenvalue weighted by atomic mass is 16.2. The summed E-state index contributed by atoms with van der Waals surface area (Å²) < 4.78 is 2.05. The van der Waals surface area contributed by atoms with Crippen molar-refractivity contribution in [2.24, 2.45) is 13.0 Å². The average molecular weight is 467 g/mol. The fraction of sp³-hybridized carbons (Fsp3) is 0.276. The number of imidazole rings is 1. The second kappa shape index (κ2) is 10.1. The number of para-hydroxylation sites is 2. The first-order valence-electron chi connectivity index (χ1n) is 12.2. The van der Waals surface area contributed by atoms with E-state index in [1.165, 1.54) is 0 Å². The van der Waals surface area contributed by atoms with E-state index in [1.54, 1.807) is 0 Å². The third-order valence-electron chi connectivity index (χ3n) is 6.84. The van der Waals surface area contributed by atoms with Crippen LogP contribution >= 0.6 is 0 Å². The molecule has 6 nitrogen and oxygen atoms in total. The van der Waals surface area contributed by atoms with Gasteiger partial charge in [0.1, 0.15) is 11.9 Å². The maximum atomic E-state index is 13.5. The summed E-state index contributed by atoms with van der Waals surface area (Å²) in [5.41, 5.74) is 3.89. The molecule has 1 N–H and O–H groups in total. The van der Waals surface area contributed by atoms with Crippen LogP contribution in [0.15, 0.2) is 84.9 Å². The molecule has 0 aliphatic carbocycles. The van der Waals surface area contributed by atoms with Gasteiger partial charge >= 0.3 is 0 Å². The number of hydrogen-bond acceptors (Lipinski definition) is 3. The van der Waals surface area contributed by atoms with Crippen molar-refractivity contribution in [1.29, 1.82) is 0 Å². The number of amides is 2. The van der Waals surface area contributed by atoms with Crippen LogP contribution in [0.4, 0.5) is 0 Å². The minimum atomic E-state index is -0.378. The second-order valence-electron chi connectivity index (χ2n) is 9.21. The van der Waals surface area contributed by atoms with Gasteiger partial charge in [-0.05, 0) is 36.1 Å². The first kappa shape index (κ1) is 22.8. The van der Waals surface area contributed by atoms with Crippen LogP contribution in [-0.2, 0) is 23.1 Å².